The van der Waals surface area contributed by atoms with Crippen molar-refractivity contribution in [1.82, 2.24) is 10.3 Å². The number of nitrogens with zero attached hydrogens (tertiary/aromatic N) is 3. The molecule has 0 aliphatic carbocycles. The van der Waals surface area contributed by atoms with Crippen molar-refractivity contribution in [3.05, 3.63) is 29.7 Å². The van der Waals surface area contributed by atoms with Crippen LogP contribution in [0, 0.1) is 0 Å². The van der Waals surface area contributed by atoms with Crippen LogP contribution in [-0.2, 0) is 7.05 Å². The zero-order chi connectivity index (χ0) is 9.26. The minimum Gasteiger partial charge on any atom is -1.00 e. The molecule has 0 aliphatic rings. The molecule has 2 aromatic rings. The molecule has 0 fully saturated rings. The first-order valence-corrected chi connectivity index (χ1v) is 4.09. The highest BCUT2D eigenvalue weighted by Gasteiger charge is 2.11. The molecule has 4 nitrogen and oxygen atoms in total. The molecule has 0 unspecified atom stereocenters. The molecule has 2 aromatic heterocycles. The van der Waals surface area contributed by atoms with Gasteiger partial charge < -0.3 is 24.0 Å². The molecule has 0 atom stereocenters. The van der Waals surface area contributed by atoms with Crippen molar-refractivity contribution >= 4 is 11.6 Å². The number of aryl methyl sites for hydroxylation is 1. The summed E-state index contributed by atoms with van der Waals surface area (Å²) < 4.78 is 6.40. The first-order valence-electron chi connectivity index (χ1n) is 3.71. The van der Waals surface area contributed by atoms with Gasteiger partial charge in [-0.1, -0.05) is 11.6 Å². The lowest BCUT2D eigenvalue weighted by molar-refractivity contribution is -0.671. The molecule has 0 spiro atoms. The molecule has 6 heteroatoms. The topological polar surface area (TPSA) is 42.8 Å². The summed E-state index contributed by atoms with van der Waals surface area (Å²) in [6, 6.07) is 3.80. The zero-order valence-electron chi connectivity index (χ0n) is 7.32. The SMILES string of the molecule is C[n+]1cccc(-c2nonc2Cl)c1.[I-]. The average molecular weight is 324 g/mol. The average Bonchev–Trinajstić information content (AvgIpc) is 2.51. The summed E-state index contributed by atoms with van der Waals surface area (Å²) in [7, 11) is 1.92. The van der Waals surface area contributed by atoms with Crippen LogP contribution in [0.5, 0.6) is 0 Å². The fourth-order valence-corrected chi connectivity index (χ4v) is 1.25. The van der Waals surface area contributed by atoms with Crippen molar-refractivity contribution in [2.45, 2.75) is 0 Å². The summed E-state index contributed by atoms with van der Waals surface area (Å²) >= 11 is 5.75. The third-order valence-corrected chi connectivity index (χ3v) is 1.91. The number of hydrogen-bond acceptors (Lipinski definition) is 3. The molecule has 0 radical (unpaired) electrons. The maximum Gasteiger partial charge on any atom is 0.201 e. The molecule has 74 valence electrons. The third kappa shape index (κ3) is 2.21. The Labute approximate surface area is 103 Å². The lowest BCUT2D eigenvalue weighted by Crippen LogP contribution is -3.00. The van der Waals surface area contributed by atoms with Gasteiger partial charge in [-0.2, -0.15) is 0 Å². The van der Waals surface area contributed by atoms with E-state index in [2.05, 4.69) is 14.9 Å². The quantitative estimate of drug-likeness (QED) is 0.460. The second-order valence-electron chi connectivity index (χ2n) is 2.66. The molecule has 0 saturated heterocycles. The van der Waals surface area contributed by atoms with Crippen molar-refractivity contribution in [2.24, 2.45) is 7.05 Å². The normalized spacial score (nSPS) is 9.57. The highest BCUT2D eigenvalue weighted by Crippen LogP contribution is 2.21. The Bertz CT molecular complexity index is 432. The molecule has 2 rings (SSSR count). The summed E-state index contributed by atoms with van der Waals surface area (Å²) in [4.78, 5) is 0. The highest BCUT2D eigenvalue weighted by molar-refractivity contribution is 6.31. The first kappa shape index (κ1) is 11.4. The summed E-state index contributed by atoms with van der Waals surface area (Å²) in [6.07, 6.45) is 3.82. The Kier molecular flexibility index (Phi) is 3.82. The van der Waals surface area contributed by atoms with Gasteiger partial charge in [-0.15, -0.1) is 0 Å². The van der Waals surface area contributed by atoms with Gasteiger partial charge in [-0.05, 0) is 16.4 Å². The molecule has 0 bridgehead atoms. The van der Waals surface area contributed by atoms with Crippen LogP contribution in [0.1, 0.15) is 0 Å². The molecule has 0 amide bonds. The molecule has 0 aromatic carbocycles. The predicted molar refractivity (Wildman–Crippen MR) is 45.9 cm³/mol. The van der Waals surface area contributed by atoms with Gasteiger partial charge >= 0.3 is 0 Å². The number of pyridine rings is 1. The minimum atomic E-state index is 0. The van der Waals surface area contributed by atoms with E-state index < -0.39 is 0 Å². The van der Waals surface area contributed by atoms with E-state index in [9.17, 15) is 0 Å². The zero-order valence-corrected chi connectivity index (χ0v) is 10.2. The number of halogens is 2. The van der Waals surface area contributed by atoms with Crippen LogP contribution < -0.4 is 28.5 Å². The number of aromatic nitrogens is 3. The van der Waals surface area contributed by atoms with Gasteiger partial charge in [-0.3, -0.25) is 0 Å². The fourth-order valence-electron chi connectivity index (χ4n) is 1.08. The van der Waals surface area contributed by atoms with E-state index in [0.29, 0.717) is 5.69 Å². The van der Waals surface area contributed by atoms with Crippen molar-refractivity contribution in [3.8, 4) is 11.3 Å². The molecule has 0 saturated carbocycles. The van der Waals surface area contributed by atoms with E-state index in [1.165, 1.54) is 0 Å². The van der Waals surface area contributed by atoms with Crippen LogP contribution >= 0.6 is 11.6 Å². The minimum absolute atomic E-state index is 0. The van der Waals surface area contributed by atoms with E-state index >= 15 is 0 Å². The smallest absolute Gasteiger partial charge is 0.201 e. The molecule has 2 heterocycles. The van der Waals surface area contributed by atoms with Gasteiger partial charge in [0.2, 0.25) is 5.15 Å². The van der Waals surface area contributed by atoms with Gasteiger partial charge in [0.05, 0.1) is 5.56 Å². The molecular weight excluding hydrogens is 316 g/mol. The van der Waals surface area contributed by atoms with Crippen LogP contribution in [0.3, 0.4) is 0 Å². The highest BCUT2D eigenvalue weighted by atomic mass is 127. The van der Waals surface area contributed by atoms with E-state index in [1.807, 2.05) is 36.1 Å². The molecule has 14 heavy (non-hydrogen) atoms. The van der Waals surface area contributed by atoms with Gasteiger partial charge in [-0.25, -0.2) is 9.20 Å². The number of hydrogen-bond donors (Lipinski definition) is 0. The summed E-state index contributed by atoms with van der Waals surface area (Å²) in [5.41, 5.74) is 1.45. The Morgan fingerprint density at radius 1 is 1.43 bits per heavy atom. The summed E-state index contributed by atoms with van der Waals surface area (Å²) in [6.45, 7) is 0. The molecular formula is C8H7ClIN3O. The third-order valence-electron chi connectivity index (χ3n) is 1.66. The van der Waals surface area contributed by atoms with Gasteiger partial charge in [0, 0.05) is 6.07 Å². The van der Waals surface area contributed by atoms with Gasteiger partial charge in [0.25, 0.3) is 0 Å². The van der Waals surface area contributed by atoms with Crippen molar-refractivity contribution < 1.29 is 33.2 Å². The summed E-state index contributed by atoms with van der Waals surface area (Å²) in [5, 5.41) is 7.47. The lowest BCUT2D eigenvalue weighted by atomic mass is 10.2. The van der Waals surface area contributed by atoms with Crippen LogP contribution in [0.4, 0.5) is 0 Å². The Hall–Kier alpha value is -0.690. The Morgan fingerprint density at radius 3 is 2.79 bits per heavy atom. The van der Waals surface area contributed by atoms with E-state index in [1.54, 1.807) is 0 Å². The van der Waals surface area contributed by atoms with Crippen molar-refractivity contribution in [1.29, 1.82) is 0 Å². The lowest BCUT2D eigenvalue weighted by Gasteiger charge is -1.91. The Balaban J connectivity index is 0.000000980. The van der Waals surface area contributed by atoms with Crippen LogP contribution in [0.2, 0.25) is 5.15 Å². The van der Waals surface area contributed by atoms with E-state index in [-0.39, 0.29) is 29.1 Å². The fraction of sp³-hybridized carbons (Fsp3) is 0.125. The second kappa shape index (κ2) is 4.70. The van der Waals surface area contributed by atoms with Crippen LogP contribution in [0.15, 0.2) is 29.2 Å². The molecule has 0 N–H and O–H groups in total. The van der Waals surface area contributed by atoms with Gasteiger partial charge in [0.1, 0.15) is 7.05 Å². The predicted octanol–water partition coefficient (Wildman–Crippen LogP) is -1.78. The van der Waals surface area contributed by atoms with E-state index in [0.717, 1.165) is 5.56 Å². The van der Waals surface area contributed by atoms with Gasteiger partial charge in [0.15, 0.2) is 18.1 Å². The van der Waals surface area contributed by atoms with Crippen molar-refractivity contribution in [2.75, 3.05) is 0 Å². The maximum atomic E-state index is 5.75. The number of rotatable bonds is 1. The van der Waals surface area contributed by atoms with E-state index in [4.69, 9.17) is 11.6 Å². The largest absolute Gasteiger partial charge is 1.00 e. The Morgan fingerprint density at radius 2 is 2.21 bits per heavy atom. The van der Waals surface area contributed by atoms with Crippen molar-refractivity contribution in [3.63, 3.8) is 0 Å². The van der Waals surface area contributed by atoms with Crippen LogP contribution in [-0.4, -0.2) is 10.3 Å². The monoisotopic (exact) mass is 323 g/mol. The standard InChI is InChI=1S/C8H7ClN3O.HI/c1-12-4-2-3-6(5-12)7-8(9)11-13-10-7;/h2-5H,1H3;1H/q+1;/p-1. The summed E-state index contributed by atoms with van der Waals surface area (Å²) in [5.74, 6) is 0. The first-order chi connectivity index (χ1) is 6.27. The molecule has 0 aliphatic heterocycles. The van der Waals surface area contributed by atoms with Crippen LogP contribution in [0.25, 0.3) is 11.3 Å². The maximum absolute atomic E-state index is 5.75. The second-order valence-corrected chi connectivity index (χ2v) is 3.02.